The summed E-state index contributed by atoms with van der Waals surface area (Å²) in [6.45, 7) is 1.39. The first kappa shape index (κ1) is 18.0. The van der Waals surface area contributed by atoms with Crippen LogP contribution in [-0.2, 0) is 0 Å². The quantitative estimate of drug-likeness (QED) is 0.737. The van der Waals surface area contributed by atoms with Crippen molar-refractivity contribution in [1.82, 2.24) is 10.2 Å². The Morgan fingerprint density at radius 2 is 1.80 bits per heavy atom. The molecule has 1 heterocycles. The topological polar surface area (TPSA) is 35.5 Å². The zero-order valence-corrected chi connectivity index (χ0v) is 13.8. The fourth-order valence-electron chi connectivity index (χ4n) is 2.39. The van der Waals surface area contributed by atoms with E-state index in [-0.39, 0.29) is 12.4 Å². The Bertz CT molecular complexity index is 413. The molecule has 1 fully saturated rings. The number of hydrogen-bond acceptors (Lipinski definition) is 3. The van der Waals surface area contributed by atoms with Gasteiger partial charge in [0, 0.05) is 29.7 Å². The zero-order chi connectivity index (χ0) is 13.9. The molecule has 1 aromatic rings. The predicted octanol–water partition coefficient (Wildman–Crippen LogP) is 2.29. The van der Waals surface area contributed by atoms with Crippen LogP contribution < -0.4 is 5.32 Å². The minimum atomic E-state index is -3.13. The standard InChI is InChI=1S/C13H17F2IN2O.ClH/c14-13(15,9-19)12(18-7-5-17-6-8-18)10-1-3-11(16)4-2-10;/h1-4,12,17,19H,5-9H2;1H/t12-;/m1./s1. The number of nitrogens with one attached hydrogen (secondary N) is 1. The van der Waals surface area contributed by atoms with Crippen molar-refractivity contribution in [2.45, 2.75) is 12.0 Å². The summed E-state index contributed by atoms with van der Waals surface area (Å²) in [4.78, 5) is 1.74. The second-order valence-corrected chi connectivity index (χ2v) is 5.90. The molecule has 1 aromatic carbocycles. The fourth-order valence-corrected chi connectivity index (χ4v) is 2.75. The van der Waals surface area contributed by atoms with Crippen molar-refractivity contribution in [2.75, 3.05) is 32.8 Å². The minimum Gasteiger partial charge on any atom is -0.390 e. The predicted molar refractivity (Wildman–Crippen MR) is 85.6 cm³/mol. The van der Waals surface area contributed by atoms with Gasteiger partial charge in [-0.25, -0.2) is 8.78 Å². The average molecular weight is 419 g/mol. The lowest BCUT2D eigenvalue weighted by Gasteiger charge is -2.38. The summed E-state index contributed by atoms with van der Waals surface area (Å²) in [5.41, 5.74) is 0.557. The van der Waals surface area contributed by atoms with E-state index < -0.39 is 18.6 Å². The molecule has 1 saturated heterocycles. The molecule has 0 aliphatic carbocycles. The van der Waals surface area contributed by atoms with Gasteiger partial charge in [-0.3, -0.25) is 4.90 Å². The second-order valence-electron chi connectivity index (χ2n) is 4.66. The molecule has 1 aliphatic rings. The van der Waals surface area contributed by atoms with Crippen LogP contribution in [0.1, 0.15) is 11.6 Å². The van der Waals surface area contributed by atoms with Gasteiger partial charge in [0.1, 0.15) is 12.6 Å². The molecule has 0 spiro atoms. The van der Waals surface area contributed by atoms with Gasteiger partial charge in [-0.05, 0) is 40.3 Å². The third-order valence-electron chi connectivity index (χ3n) is 3.31. The molecule has 7 heteroatoms. The maximum absolute atomic E-state index is 14.1. The van der Waals surface area contributed by atoms with Crippen molar-refractivity contribution >= 4 is 35.0 Å². The van der Waals surface area contributed by atoms with E-state index in [2.05, 4.69) is 27.9 Å². The van der Waals surface area contributed by atoms with Crippen molar-refractivity contribution < 1.29 is 13.9 Å². The van der Waals surface area contributed by atoms with Crippen LogP contribution in [-0.4, -0.2) is 48.7 Å². The summed E-state index contributed by atoms with van der Waals surface area (Å²) in [7, 11) is 0. The van der Waals surface area contributed by atoms with Crippen LogP contribution in [0.2, 0.25) is 0 Å². The van der Waals surface area contributed by atoms with Gasteiger partial charge < -0.3 is 10.4 Å². The minimum absolute atomic E-state index is 0. The van der Waals surface area contributed by atoms with E-state index in [0.717, 1.165) is 3.57 Å². The monoisotopic (exact) mass is 418 g/mol. The molecular weight excluding hydrogens is 401 g/mol. The molecule has 0 bridgehead atoms. The number of hydrogen-bond donors (Lipinski definition) is 2. The molecule has 2 N–H and O–H groups in total. The Morgan fingerprint density at radius 1 is 1.25 bits per heavy atom. The lowest BCUT2D eigenvalue weighted by Crippen LogP contribution is -2.51. The van der Waals surface area contributed by atoms with E-state index in [0.29, 0.717) is 31.7 Å². The van der Waals surface area contributed by atoms with Crippen molar-refractivity contribution in [2.24, 2.45) is 0 Å². The first-order valence-corrected chi connectivity index (χ1v) is 7.31. The van der Waals surface area contributed by atoms with Gasteiger partial charge in [-0.15, -0.1) is 12.4 Å². The molecule has 2 rings (SSSR count). The number of aliphatic hydroxyl groups is 1. The van der Waals surface area contributed by atoms with Gasteiger partial charge in [-0.2, -0.15) is 0 Å². The molecule has 0 unspecified atom stereocenters. The molecule has 20 heavy (non-hydrogen) atoms. The smallest absolute Gasteiger partial charge is 0.289 e. The molecule has 0 aromatic heterocycles. The summed E-state index contributed by atoms with van der Waals surface area (Å²) in [6, 6.07) is 6.02. The molecule has 3 nitrogen and oxygen atoms in total. The second kappa shape index (κ2) is 7.84. The fraction of sp³-hybridized carbons (Fsp3) is 0.538. The van der Waals surface area contributed by atoms with Gasteiger partial charge in [-0.1, -0.05) is 12.1 Å². The zero-order valence-electron chi connectivity index (χ0n) is 10.9. The largest absolute Gasteiger partial charge is 0.390 e. The van der Waals surface area contributed by atoms with E-state index in [4.69, 9.17) is 5.11 Å². The molecular formula is C13H18ClF2IN2O. The highest BCUT2D eigenvalue weighted by Gasteiger charge is 2.43. The van der Waals surface area contributed by atoms with Gasteiger partial charge >= 0.3 is 0 Å². The Hall–Kier alpha value is -0.0200. The third-order valence-corrected chi connectivity index (χ3v) is 4.03. The lowest BCUT2D eigenvalue weighted by molar-refractivity contribution is -0.118. The Labute approximate surface area is 137 Å². The van der Waals surface area contributed by atoms with Crippen LogP contribution >= 0.6 is 35.0 Å². The number of alkyl halides is 2. The van der Waals surface area contributed by atoms with E-state index in [1.807, 2.05) is 12.1 Å². The van der Waals surface area contributed by atoms with Crippen LogP contribution in [0.5, 0.6) is 0 Å². The summed E-state index contributed by atoms with van der Waals surface area (Å²) in [5.74, 6) is -3.13. The summed E-state index contributed by atoms with van der Waals surface area (Å²) >= 11 is 2.14. The van der Waals surface area contributed by atoms with Crippen LogP contribution in [0.15, 0.2) is 24.3 Å². The van der Waals surface area contributed by atoms with Gasteiger partial charge in [0.2, 0.25) is 0 Å². The number of rotatable bonds is 4. The van der Waals surface area contributed by atoms with Crippen molar-refractivity contribution in [3.05, 3.63) is 33.4 Å². The van der Waals surface area contributed by atoms with Crippen molar-refractivity contribution in [3.63, 3.8) is 0 Å². The van der Waals surface area contributed by atoms with Crippen molar-refractivity contribution in [1.29, 1.82) is 0 Å². The van der Waals surface area contributed by atoms with Crippen LogP contribution in [0.4, 0.5) is 8.78 Å². The molecule has 1 atom stereocenters. The van der Waals surface area contributed by atoms with Gasteiger partial charge in [0.15, 0.2) is 0 Å². The van der Waals surface area contributed by atoms with E-state index in [1.165, 1.54) is 0 Å². The Morgan fingerprint density at radius 3 is 2.30 bits per heavy atom. The van der Waals surface area contributed by atoms with Crippen LogP contribution in [0, 0.1) is 3.57 Å². The number of benzene rings is 1. The lowest BCUT2D eigenvalue weighted by atomic mass is 9.98. The highest BCUT2D eigenvalue weighted by atomic mass is 127. The molecule has 0 amide bonds. The van der Waals surface area contributed by atoms with Crippen molar-refractivity contribution in [3.8, 4) is 0 Å². The average Bonchev–Trinajstić information content (AvgIpc) is 2.42. The van der Waals surface area contributed by atoms with E-state index in [1.54, 1.807) is 17.0 Å². The summed E-state index contributed by atoms with van der Waals surface area (Å²) in [6.07, 6.45) is 0. The normalized spacial score (nSPS) is 18.4. The van der Waals surface area contributed by atoms with Crippen LogP contribution in [0.25, 0.3) is 0 Å². The number of aliphatic hydroxyl groups excluding tert-OH is 1. The molecule has 114 valence electrons. The maximum atomic E-state index is 14.1. The molecule has 1 aliphatic heterocycles. The highest BCUT2D eigenvalue weighted by molar-refractivity contribution is 14.1. The van der Waals surface area contributed by atoms with Crippen LogP contribution in [0.3, 0.4) is 0 Å². The Kier molecular flexibility index (Phi) is 7.07. The first-order valence-electron chi connectivity index (χ1n) is 6.23. The Balaban J connectivity index is 0.00000200. The van der Waals surface area contributed by atoms with E-state index in [9.17, 15) is 8.78 Å². The molecule has 0 saturated carbocycles. The third kappa shape index (κ3) is 4.24. The highest BCUT2D eigenvalue weighted by Crippen LogP contribution is 2.36. The van der Waals surface area contributed by atoms with E-state index >= 15 is 0 Å². The molecule has 0 radical (unpaired) electrons. The number of halogens is 4. The number of nitrogens with zero attached hydrogens (tertiary/aromatic N) is 1. The maximum Gasteiger partial charge on any atom is 0.289 e. The first-order chi connectivity index (χ1) is 9.04. The summed E-state index contributed by atoms with van der Waals surface area (Å²) in [5, 5.41) is 12.2. The summed E-state index contributed by atoms with van der Waals surface area (Å²) < 4.78 is 29.2. The van der Waals surface area contributed by atoms with Gasteiger partial charge in [0.05, 0.1) is 0 Å². The number of piperazine rings is 1. The SMILES string of the molecule is Cl.OCC(F)(F)[C@@H](c1ccc(I)cc1)N1CCNCC1. The van der Waals surface area contributed by atoms with Gasteiger partial charge in [0.25, 0.3) is 5.92 Å².